The highest BCUT2D eigenvalue weighted by Crippen LogP contribution is 2.30. The molecule has 0 saturated carbocycles. The van der Waals surface area contributed by atoms with Gasteiger partial charge in [0.25, 0.3) is 0 Å². The molecule has 3 nitrogen and oxygen atoms in total. The molecule has 0 aliphatic carbocycles. The van der Waals surface area contributed by atoms with E-state index < -0.39 is 6.10 Å². The topological polar surface area (TPSA) is 26.7 Å². The Morgan fingerprint density at radius 3 is 2.25 bits per heavy atom. The summed E-state index contributed by atoms with van der Waals surface area (Å²) in [6.45, 7) is 11.7. The van der Waals surface area contributed by atoms with Gasteiger partial charge < -0.3 is 10.0 Å². The van der Waals surface area contributed by atoms with Gasteiger partial charge in [-0.2, -0.15) is 0 Å². The van der Waals surface area contributed by atoms with Crippen molar-refractivity contribution in [3.8, 4) is 0 Å². The van der Waals surface area contributed by atoms with Crippen molar-refractivity contribution in [3.63, 3.8) is 0 Å². The fourth-order valence-corrected chi connectivity index (χ4v) is 2.80. The number of aliphatic hydroxyl groups is 1. The first kappa shape index (κ1) is 15.3. The maximum atomic E-state index is 14.2. The van der Waals surface area contributed by atoms with E-state index in [2.05, 4.69) is 30.6 Å². The van der Waals surface area contributed by atoms with Crippen LogP contribution in [0.2, 0.25) is 0 Å². The maximum absolute atomic E-state index is 14.2. The maximum Gasteiger partial charge on any atom is 0.146 e. The third kappa shape index (κ3) is 3.13. The van der Waals surface area contributed by atoms with Crippen molar-refractivity contribution in [2.45, 2.75) is 39.3 Å². The molecule has 1 aliphatic rings. The average Bonchev–Trinajstić information content (AvgIpc) is 2.37. The zero-order valence-electron chi connectivity index (χ0n) is 12.9. The number of halogens is 1. The van der Waals surface area contributed by atoms with Crippen LogP contribution in [0.4, 0.5) is 10.1 Å². The van der Waals surface area contributed by atoms with Crippen LogP contribution in [0.5, 0.6) is 0 Å². The molecule has 1 saturated heterocycles. The van der Waals surface area contributed by atoms with Crippen molar-refractivity contribution < 1.29 is 9.50 Å². The van der Waals surface area contributed by atoms with Gasteiger partial charge in [-0.15, -0.1) is 0 Å². The van der Waals surface area contributed by atoms with E-state index in [0.29, 0.717) is 11.3 Å². The zero-order valence-corrected chi connectivity index (χ0v) is 12.9. The number of para-hydroxylation sites is 1. The van der Waals surface area contributed by atoms with Gasteiger partial charge in [-0.1, -0.05) is 12.1 Å². The van der Waals surface area contributed by atoms with Gasteiger partial charge >= 0.3 is 0 Å². The van der Waals surface area contributed by atoms with Gasteiger partial charge in [0.05, 0.1) is 11.8 Å². The van der Waals surface area contributed by atoms with Crippen LogP contribution in [0.15, 0.2) is 18.2 Å². The molecular formula is C16H25FN2O. The van der Waals surface area contributed by atoms with Gasteiger partial charge in [-0.05, 0) is 33.8 Å². The normalized spacial score (nSPS) is 19.2. The summed E-state index contributed by atoms with van der Waals surface area (Å²) >= 11 is 0. The molecule has 4 heteroatoms. The predicted octanol–water partition coefficient (Wildman–Crippen LogP) is 2.80. The van der Waals surface area contributed by atoms with Crippen LogP contribution < -0.4 is 4.90 Å². The number of piperazine rings is 1. The van der Waals surface area contributed by atoms with Crippen molar-refractivity contribution in [2.24, 2.45) is 0 Å². The highest BCUT2D eigenvalue weighted by Gasteiger charge is 2.28. The molecule has 1 fully saturated rings. The molecule has 0 aromatic heterocycles. The molecule has 1 aromatic rings. The van der Waals surface area contributed by atoms with Crippen LogP contribution in [-0.2, 0) is 0 Å². The smallest absolute Gasteiger partial charge is 0.146 e. The van der Waals surface area contributed by atoms with E-state index in [4.69, 9.17) is 0 Å². The molecule has 1 heterocycles. The van der Waals surface area contributed by atoms with Crippen molar-refractivity contribution in [3.05, 3.63) is 29.6 Å². The van der Waals surface area contributed by atoms with E-state index in [-0.39, 0.29) is 11.4 Å². The number of anilines is 1. The standard InChI is InChI=1S/C16H25FN2O/c1-12(20)13-6-5-7-14(17)15(13)18-8-10-19(11-9-18)16(2,3)4/h5-7,12,20H,8-11H2,1-4H3. The summed E-state index contributed by atoms with van der Waals surface area (Å²) < 4.78 is 14.2. The molecule has 1 aromatic carbocycles. The van der Waals surface area contributed by atoms with E-state index in [1.807, 2.05) is 0 Å². The Labute approximate surface area is 121 Å². The lowest BCUT2D eigenvalue weighted by Crippen LogP contribution is -2.53. The molecule has 1 aliphatic heterocycles. The van der Waals surface area contributed by atoms with Crippen molar-refractivity contribution >= 4 is 5.69 Å². The van der Waals surface area contributed by atoms with Crippen LogP contribution in [0.3, 0.4) is 0 Å². The van der Waals surface area contributed by atoms with E-state index in [1.54, 1.807) is 19.1 Å². The number of hydrogen-bond donors (Lipinski definition) is 1. The van der Waals surface area contributed by atoms with E-state index in [0.717, 1.165) is 26.2 Å². The third-order valence-electron chi connectivity index (χ3n) is 4.01. The first-order valence-electron chi connectivity index (χ1n) is 7.27. The molecule has 0 bridgehead atoms. The zero-order chi connectivity index (χ0) is 14.9. The van der Waals surface area contributed by atoms with E-state index in [9.17, 15) is 9.50 Å². The predicted molar refractivity (Wildman–Crippen MR) is 80.6 cm³/mol. The Bertz CT molecular complexity index is 460. The molecule has 1 N–H and O–H groups in total. The summed E-state index contributed by atoms with van der Waals surface area (Å²) in [7, 11) is 0. The second-order valence-electron chi connectivity index (χ2n) is 6.50. The molecule has 0 radical (unpaired) electrons. The minimum absolute atomic E-state index is 0.147. The Morgan fingerprint density at radius 1 is 1.15 bits per heavy atom. The number of hydrogen-bond acceptors (Lipinski definition) is 3. The molecule has 112 valence electrons. The fourth-order valence-electron chi connectivity index (χ4n) is 2.80. The average molecular weight is 280 g/mol. The number of rotatable bonds is 2. The number of nitrogens with zero attached hydrogens (tertiary/aromatic N) is 2. The van der Waals surface area contributed by atoms with Gasteiger partial charge in [0, 0.05) is 37.3 Å². The highest BCUT2D eigenvalue weighted by atomic mass is 19.1. The fraction of sp³-hybridized carbons (Fsp3) is 0.625. The largest absolute Gasteiger partial charge is 0.389 e. The second-order valence-corrected chi connectivity index (χ2v) is 6.50. The summed E-state index contributed by atoms with van der Waals surface area (Å²) in [4.78, 5) is 4.46. The van der Waals surface area contributed by atoms with Crippen molar-refractivity contribution in [1.29, 1.82) is 0 Å². The van der Waals surface area contributed by atoms with Gasteiger partial charge in [0.1, 0.15) is 5.82 Å². The first-order chi connectivity index (χ1) is 9.30. The van der Waals surface area contributed by atoms with Crippen LogP contribution in [-0.4, -0.2) is 41.7 Å². The summed E-state index contributed by atoms with van der Waals surface area (Å²) in [5, 5.41) is 9.84. The van der Waals surface area contributed by atoms with Crippen molar-refractivity contribution in [1.82, 2.24) is 4.90 Å². The van der Waals surface area contributed by atoms with Gasteiger partial charge in [-0.3, -0.25) is 4.90 Å². The lowest BCUT2D eigenvalue weighted by molar-refractivity contribution is 0.128. The van der Waals surface area contributed by atoms with Crippen LogP contribution in [0, 0.1) is 5.82 Å². The lowest BCUT2D eigenvalue weighted by Gasteiger charge is -2.43. The Kier molecular flexibility index (Phi) is 4.35. The van der Waals surface area contributed by atoms with Crippen LogP contribution >= 0.6 is 0 Å². The molecule has 1 unspecified atom stereocenters. The van der Waals surface area contributed by atoms with Gasteiger partial charge in [0.2, 0.25) is 0 Å². The Balaban J connectivity index is 2.19. The summed E-state index contributed by atoms with van der Waals surface area (Å²) in [6.07, 6.45) is -0.652. The first-order valence-corrected chi connectivity index (χ1v) is 7.27. The molecule has 1 atom stereocenters. The lowest BCUT2D eigenvalue weighted by atomic mass is 10.0. The molecule has 20 heavy (non-hydrogen) atoms. The SMILES string of the molecule is CC(O)c1cccc(F)c1N1CCN(C(C)(C)C)CC1. The Morgan fingerprint density at radius 2 is 1.75 bits per heavy atom. The summed E-state index contributed by atoms with van der Waals surface area (Å²) in [5.74, 6) is -0.243. The van der Waals surface area contributed by atoms with Gasteiger partial charge in [-0.25, -0.2) is 4.39 Å². The quantitative estimate of drug-likeness (QED) is 0.902. The molecule has 0 spiro atoms. The van der Waals surface area contributed by atoms with Crippen molar-refractivity contribution in [2.75, 3.05) is 31.1 Å². The van der Waals surface area contributed by atoms with E-state index in [1.165, 1.54) is 6.07 Å². The third-order valence-corrected chi connectivity index (χ3v) is 4.01. The monoisotopic (exact) mass is 280 g/mol. The minimum Gasteiger partial charge on any atom is -0.389 e. The highest BCUT2D eigenvalue weighted by molar-refractivity contribution is 5.56. The van der Waals surface area contributed by atoms with Gasteiger partial charge in [0.15, 0.2) is 0 Å². The number of aliphatic hydroxyl groups excluding tert-OH is 1. The summed E-state index contributed by atoms with van der Waals surface area (Å²) in [5.41, 5.74) is 1.39. The van der Waals surface area contributed by atoms with Crippen LogP contribution in [0.1, 0.15) is 39.4 Å². The van der Waals surface area contributed by atoms with E-state index >= 15 is 0 Å². The summed E-state index contributed by atoms with van der Waals surface area (Å²) in [6, 6.07) is 4.93. The minimum atomic E-state index is -0.652. The molecule has 0 amide bonds. The molecule has 2 rings (SSSR count). The van der Waals surface area contributed by atoms with Crippen LogP contribution in [0.25, 0.3) is 0 Å². The Hall–Kier alpha value is -1.13. The second kappa shape index (κ2) is 5.70. The molecular weight excluding hydrogens is 255 g/mol. The number of benzene rings is 1.